The third kappa shape index (κ3) is 9.20. The fourth-order valence-corrected chi connectivity index (χ4v) is 6.67. The number of imidazole rings is 1. The molecule has 1 aromatic heterocycles. The number of aromatic carboxylic acids is 1. The van der Waals surface area contributed by atoms with E-state index in [1.165, 1.54) is 35.6 Å². The molecule has 15 heteroatoms. The number of benzene rings is 3. The number of ether oxygens (including phenoxy) is 1. The first kappa shape index (κ1) is 39.6. The number of carbonyl (C=O) groups is 3. The molecule has 6 N–H and O–H groups in total. The number of hydrogen-bond donors (Lipinski definition) is 5. The number of aromatic nitrogens is 2. The highest BCUT2D eigenvalue weighted by Crippen LogP contribution is 2.27. The smallest absolute Gasteiger partial charge is 0.335 e. The molecule has 6 rings (SSSR count). The SMILES string of the molecule is CC(=N)N1CCC(Oc2ccc(N(Cc3nc4cc(C(=N)N)ccc4n3CC(=O)NC3CCCCC3)C(=O)c3ccc(C(=O)O)cc3)cc2)C1.Cl.Cl. The Labute approximate surface area is 314 Å². The van der Waals surface area contributed by atoms with Crippen molar-refractivity contribution in [2.75, 3.05) is 18.0 Å². The number of carboxylic acids is 1. The van der Waals surface area contributed by atoms with E-state index in [4.69, 9.17) is 26.3 Å². The molecule has 0 spiro atoms. The number of rotatable bonds is 11. The summed E-state index contributed by atoms with van der Waals surface area (Å²) >= 11 is 0. The van der Waals surface area contributed by atoms with Crippen LogP contribution in [0.2, 0.25) is 0 Å². The molecular formula is C37H44Cl2N8O5. The zero-order valence-electron chi connectivity index (χ0n) is 28.8. The van der Waals surface area contributed by atoms with Crippen LogP contribution in [-0.2, 0) is 17.9 Å². The highest BCUT2D eigenvalue weighted by molar-refractivity contribution is 6.06. The maximum absolute atomic E-state index is 14.2. The van der Waals surface area contributed by atoms with E-state index in [0.29, 0.717) is 46.2 Å². The van der Waals surface area contributed by atoms with Crippen LogP contribution in [0.25, 0.3) is 11.0 Å². The molecule has 3 aromatic carbocycles. The number of fused-ring (bicyclic) bond motifs is 1. The van der Waals surface area contributed by atoms with Gasteiger partial charge in [0.15, 0.2) is 0 Å². The van der Waals surface area contributed by atoms with Gasteiger partial charge in [-0.05, 0) is 86.5 Å². The Kier molecular flexibility index (Phi) is 13.3. The lowest BCUT2D eigenvalue weighted by Gasteiger charge is -2.25. The molecule has 4 aromatic rings. The predicted molar refractivity (Wildman–Crippen MR) is 205 cm³/mol. The van der Waals surface area contributed by atoms with Crippen molar-refractivity contribution in [1.82, 2.24) is 19.8 Å². The van der Waals surface area contributed by atoms with Crippen LogP contribution in [0.3, 0.4) is 0 Å². The first-order valence-corrected chi connectivity index (χ1v) is 16.9. The molecule has 2 aliphatic rings. The van der Waals surface area contributed by atoms with E-state index in [9.17, 15) is 19.5 Å². The maximum Gasteiger partial charge on any atom is 0.335 e. The number of amidine groups is 2. The number of nitrogens with two attached hydrogens (primary N) is 1. The van der Waals surface area contributed by atoms with Crippen molar-refractivity contribution in [3.63, 3.8) is 0 Å². The van der Waals surface area contributed by atoms with E-state index in [-0.39, 0.29) is 72.9 Å². The normalized spacial score (nSPS) is 15.6. The number of halogens is 2. The van der Waals surface area contributed by atoms with Crippen LogP contribution in [0, 0.1) is 10.8 Å². The van der Waals surface area contributed by atoms with Crippen LogP contribution >= 0.6 is 24.8 Å². The minimum absolute atomic E-state index is 0. The van der Waals surface area contributed by atoms with Crippen molar-refractivity contribution in [1.29, 1.82) is 10.8 Å². The number of hydrogen-bond acceptors (Lipinski definition) is 7. The highest BCUT2D eigenvalue weighted by atomic mass is 35.5. The Bertz CT molecular complexity index is 1930. The number of anilines is 1. The van der Waals surface area contributed by atoms with Crippen molar-refractivity contribution in [2.24, 2.45) is 5.73 Å². The molecule has 1 saturated heterocycles. The topological polar surface area (TPSA) is 191 Å². The lowest BCUT2D eigenvalue weighted by molar-refractivity contribution is -0.122. The first-order chi connectivity index (χ1) is 24.0. The van der Waals surface area contributed by atoms with E-state index >= 15 is 0 Å². The fourth-order valence-electron chi connectivity index (χ4n) is 6.67. The van der Waals surface area contributed by atoms with Gasteiger partial charge in [-0.25, -0.2) is 9.78 Å². The van der Waals surface area contributed by atoms with Gasteiger partial charge in [0.05, 0.1) is 35.5 Å². The molecule has 0 radical (unpaired) electrons. The van der Waals surface area contributed by atoms with Crippen LogP contribution in [0.4, 0.5) is 5.69 Å². The predicted octanol–water partition coefficient (Wildman–Crippen LogP) is 5.61. The molecule has 1 aliphatic carbocycles. The van der Waals surface area contributed by atoms with Crippen LogP contribution in [0.1, 0.15) is 77.6 Å². The number of carboxylic acid groups (broad SMARTS) is 1. The summed E-state index contributed by atoms with van der Waals surface area (Å²) in [6, 6.07) is 18.2. The number of amides is 2. The third-order valence-corrected chi connectivity index (χ3v) is 9.40. The van der Waals surface area contributed by atoms with Crippen molar-refractivity contribution in [3.05, 3.63) is 89.2 Å². The Morgan fingerprint density at radius 1 is 0.942 bits per heavy atom. The number of nitrogen functional groups attached to an aromatic ring is 1. The van der Waals surface area contributed by atoms with E-state index < -0.39 is 11.9 Å². The molecule has 2 heterocycles. The summed E-state index contributed by atoms with van der Waals surface area (Å²) in [5.41, 5.74) is 8.35. The van der Waals surface area contributed by atoms with Crippen molar-refractivity contribution in [3.8, 4) is 5.75 Å². The molecule has 1 aliphatic heterocycles. The second-order valence-electron chi connectivity index (χ2n) is 13.0. The van der Waals surface area contributed by atoms with Crippen molar-refractivity contribution < 1.29 is 24.2 Å². The van der Waals surface area contributed by atoms with E-state index in [1.54, 1.807) is 54.0 Å². The summed E-state index contributed by atoms with van der Waals surface area (Å²) in [6.07, 6.45) is 5.94. The Morgan fingerprint density at radius 2 is 1.60 bits per heavy atom. The van der Waals surface area contributed by atoms with Gasteiger partial charge in [0.1, 0.15) is 30.1 Å². The minimum Gasteiger partial charge on any atom is -0.489 e. The largest absolute Gasteiger partial charge is 0.489 e. The molecule has 52 heavy (non-hydrogen) atoms. The Hall–Kier alpha value is -5.14. The molecule has 13 nitrogen and oxygen atoms in total. The zero-order valence-corrected chi connectivity index (χ0v) is 30.5. The fraction of sp³-hybridized carbons (Fsp3) is 0.351. The summed E-state index contributed by atoms with van der Waals surface area (Å²) in [6.45, 7) is 3.12. The van der Waals surface area contributed by atoms with E-state index in [0.717, 1.165) is 38.6 Å². The molecule has 1 atom stereocenters. The monoisotopic (exact) mass is 750 g/mol. The van der Waals surface area contributed by atoms with Gasteiger partial charge in [0.25, 0.3) is 5.91 Å². The quantitative estimate of drug-likeness (QED) is 0.0966. The number of nitrogens with zero attached hydrogens (tertiary/aromatic N) is 4. The van der Waals surface area contributed by atoms with Gasteiger partial charge in [-0.2, -0.15) is 0 Å². The number of carbonyl (C=O) groups excluding carboxylic acids is 2. The van der Waals surface area contributed by atoms with Gasteiger partial charge < -0.3 is 35.3 Å². The molecule has 276 valence electrons. The van der Waals surface area contributed by atoms with Crippen LogP contribution in [0.15, 0.2) is 66.7 Å². The molecular weight excluding hydrogens is 707 g/mol. The molecule has 1 saturated carbocycles. The average molecular weight is 752 g/mol. The summed E-state index contributed by atoms with van der Waals surface area (Å²) in [7, 11) is 0. The average Bonchev–Trinajstić information content (AvgIpc) is 3.72. The second-order valence-corrected chi connectivity index (χ2v) is 13.0. The second kappa shape index (κ2) is 17.4. The maximum atomic E-state index is 14.2. The summed E-state index contributed by atoms with van der Waals surface area (Å²) in [5.74, 6) is -0.165. The van der Waals surface area contributed by atoms with E-state index in [1.807, 2.05) is 4.90 Å². The standard InChI is InChI=1S/C37H42N8O5.2ClH/c1-23(38)43-18-17-30(20-43)50-29-14-12-28(13-15-29)44(36(47)24-7-9-25(10-8-24)37(48)49)21-33-42-31-19-26(35(39)40)11-16-32(31)45(33)22-34(46)41-27-5-3-2-4-6-27;;/h7-16,19,27,30,38H,2-6,17-18,20-22H2,1H3,(H3,39,40)(H,41,46)(H,48,49);2*1H. The summed E-state index contributed by atoms with van der Waals surface area (Å²) in [4.78, 5) is 47.5. The number of likely N-dealkylation sites (tertiary alicyclic amines) is 1. The molecule has 2 fully saturated rings. The zero-order chi connectivity index (χ0) is 35.4. The minimum atomic E-state index is -1.09. The number of nitrogens with one attached hydrogen (secondary N) is 3. The van der Waals surface area contributed by atoms with Gasteiger partial charge in [-0.3, -0.25) is 20.4 Å². The van der Waals surface area contributed by atoms with Gasteiger partial charge >= 0.3 is 5.97 Å². The van der Waals surface area contributed by atoms with Crippen molar-refractivity contribution >= 4 is 71.0 Å². The Balaban J connectivity index is 0.00000302. The summed E-state index contributed by atoms with van der Waals surface area (Å²) < 4.78 is 7.99. The highest BCUT2D eigenvalue weighted by Gasteiger charge is 2.26. The first-order valence-electron chi connectivity index (χ1n) is 16.9. The van der Waals surface area contributed by atoms with Gasteiger partial charge in [-0.15, -0.1) is 24.8 Å². The lowest BCUT2D eigenvalue weighted by atomic mass is 9.95. The van der Waals surface area contributed by atoms with Gasteiger partial charge in [-0.1, -0.05) is 19.3 Å². The van der Waals surface area contributed by atoms with Crippen LogP contribution in [0.5, 0.6) is 5.75 Å². The Morgan fingerprint density at radius 3 is 2.21 bits per heavy atom. The van der Waals surface area contributed by atoms with Gasteiger partial charge in [0.2, 0.25) is 5.91 Å². The molecule has 2 amide bonds. The lowest BCUT2D eigenvalue weighted by Crippen LogP contribution is -2.38. The molecule has 0 bridgehead atoms. The van der Waals surface area contributed by atoms with Gasteiger partial charge in [0, 0.05) is 35.8 Å². The van der Waals surface area contributed by atoms with Crippen molar-refractivity contribution in [2.45, 2.75) is 70.7 Å². The van der Waals surface area contributed by atoms with E-state index in [2.05, 4.69) is 5.32 Å². The summed E-state index contributed by atoms with van der Waals surface area (Å²) in [5, 5.41) is 28.4. The molecule has 1 unspecified atom stereocenters. The third-order valence-electron chi connectivity index (χ3n) is 9.40. The van der Waals surface area contributed by atoms with Crippen LogP contribution in [-0.4, -0.2) is 74.2 Å². The van der Waals surface area contributed by atoms with Crippen LogP contribution < -0.4 is 20.7 Å².